The van der Waals surface area contributed by atoms with Gasteiger partial charge in [0.15, 0.2) is 0 Å². The Hall–Kier alpha value is -0.120. The highest BCUT2D eigenvalue weighted by molar-refractivity contribution is 4.91. The first-order chi connectivity index (χ1) is 8.31. The van der Waals surface area contributed by atoms with Crippen LogP contribution in [0.3, 0.4) is 0 Å². The summed E-state index contributed by atoms with van der Waals surface area (Å²) in [6.45, 7) is 3.10. The molecular weight excluding hydrogens is 214 g/mol. The summed E-state index contributed by atoms with van der Waals surface area (Å²) in [7, 11) is 0. The molecule has 1 aliphatic heterocycles. The van der Waals surface area contributed by atoms with E-state index >= 15 is 0 Å². The van der Waals surface area contributed by atoms with E-state index in [1.165, 1.54) is 25.7 Å². The van der Waals surface area contributed by atoms with Gasteiger partial charge in [0.1, 0.15) is 5.60 Å². The summed E-state index contributed by atoms with van der Waals surface area (Å²) in [6.07, 6.45) is 7.92. The monoisotopic (exact) mass is 239 g/mol. The summed E-state index contributed by atoms with van der Waals surface area (Å²) >= 11 is 0. The van der Waals surface area contributed by atoms with Gasteiger partial charge in [-0.05, 0) is 49.9 Å². The van der Waals surface area contributed by atoms with Crippen LogP contribution < -0.4 is 5.73 Å². The molecule has 2 bridgehead atoms. The van der Waals surface area contributed by atoms with Crippen LogP contribution in [0, 0.1) is 17.8 Å². The molecule has 2 aliphatic carbocycles. The number of ether oxygens (including phenoxy) is 2. The second-order valence-electron chi connectivity index (χ2n) is 6.29. The van der Waals surface area contributed by atoms with Crippen LogP contribution in [-0.2, 0) is 9.47 Å². The maximum absolute atomic E-state index is 6.21. The minimum Gasteiger partial charge on any atom is -0.378 e. The lowest BCUT2D eigenvalue weighted by Gasteiger charge is -2.37. The molecule has 0 aromatic heterocycles. The SMILES string of the molecule is NCC1(OCC2CC3CCC2C3)CCCOC1. The summed E-state index contributed by atoms with van der Waals surface area (Å²) in [5.74, 6) is 2.75. The fourth-order valence-electron chi connectivity index (χ4n) is 4.02. The molecule has 0 aromatic carbocycles. The van der Waals surface area contributed by atoms with Gasteiger partial charge in [0.25, 0.3) is 0 Å². The van der Waals surface area contributed by atoms with E-state index in [4.69, 9.17) is 15.2 Å². The predicted octanol–water partition coefficient (Wildman–Crippen LogP) is 1.95. The summed E-state index contributed by atoms with van der Waals surface area (Å²) in [6, 6.07) is 0. The van der Waals surface area contributed by atoms with Crippen LogP contribution in [0.25, 0.3) is 0 Å². The van der Waals surface area contributed by atoms with Crippen molar-refractivity contribution in [1.82, 2.24) is 0 Å². The van der Waals surface area contributed by atoms with E-state index in [9.17, 15) is 0 Å². The topological polar surface area (TPSA) is 44.5 Å². The lowest BCUT2D eigenvalue weighted by molar-refractivity contribution is -0.134. The molecule has 0 spiro atoms. The Labute approximate surface area is 104 Å². The minimum absolute atomic E-state index is 0.167. The molecule has 3 aliphatic rings. The van der Waals surface area contributed by atoms with Crippen LogP contribution in [0.2, 0.25) is 0 Å². The Balaban J connectivity index is 1.52. The third-order valence-corrected chi connectivity index (χ3v) is 5.15. The molecule has 1 saturated heterocycles. The number of fused-ring (bicyclic) bond motifs is 2. The highest BCUT2D eigenvalue weighted by Crippen LogP contribution is 2.48. The molecule has 2 saturated carbocycles. The molecule has 3 fully saturated rings. The minimum atomic E-state index is -0.167. The van der Waals surface area contributed by atoms with Crippen molar-refractivity contribution in [3.05, 3.63) is 0 Å². The van der Waals surface area contributed by atoms with Gasteiger partial charge in [-0.2, -0.15) is 0 Å². The van der Waals surface area contributed by atoms with Gasteiger partial charge in [-0.3, -0.25) is 0 Å². The molecule has 4 unspecified atom stereocenters. The molecule has 17 heavy (non-hydrogen) atoms. The summed E-state index contributed by atoms with van der Waals surface area (Å²) in [4.78, 5) is 0. The van der Waals surface area contributed by atoms with E-state index in [-0.39, 0.29) is 5.60 Å². The molecule has 3 nitrogen and oxygen atoms in total. The molecule has 98 valence electrons. The van der Waals surface area contributed by atoms with Crippen LogP contribution in [-0.4, -0.2) is 32.0 Å². The van der Waals surface area contributed by atoms with Crippen molar-refractivity contribution in [1.29, 1.82) is 0 Å². The second-order valence-corrected chi connectivity index (χ2v) is 6.29. The van der Waals surface area contributed by atoms with E-state index in [0.717, 1.165) is 43.8 Å². The van der Waals surface area contributed by atoms with E-state index in [1.807, 2.05) is 0 Å². The van der Waals surface area contributed by atoms with Crippen LogP contribution >= 0.6 is 0 Å². The fourth-order valence-corrected chi connectivity index (χ4v) is 4.02. The highest BCUT2D eigenvalue weighted by Gasteiger charge is 2.41. The van der Waals surface area contributed by atoms with E-state index < -0.39 is 0 Å². The second kappa shape index (κ2) is 4.87. The molecule has 2 N–H and O–H groups in total. The van der Waals surface area contributed by atoms with Crippen molar-refractivity contribution >= 4 is 0 Å². The molecular formula is C14H25NO2. The lowest BCUT2D eigenvalue weighted by Crippen LogP contribution is -2.48. The first-order valence-corrected chi connectivity index (χ1v) is 7.23. The summed E-state index contributed by atoms with van der Waals surface area (Å²) < 4.78 is 11.8. The molecule has 4 atom stereocenters. The largest absolute Gasteiger partial charge is 0.378 e. The molecule has 0 aromatic rings. The molecule has 3 rings (SSSR count). The average molecular weight is 239 g/mol. The van der Waals surface area contributed by atoms with E-state index in [1.54, 1.807) is 0 Å². The van der Waals surface area contributed by atoms with Crippen LogP contribution in [0.15, 0.2) is 0 Å². The zero-order valence-corrected chi connectivity index (χ0v) is 10.7. The smallest absolute Gasteiger partial charge is 0.104 e. The predicted molar refractivity (Wildman–Crippen MR) is 66.7 cm³/mol. The number of rotatable bonds is 4. The van der Waals surface area contributed by atoms with Gasteiger partial charge in [0, 0.05) is 13.2 Å². The van der Waals surface area contributed by atoms with Crippen molar-refractivity contribution in [2.24, 2.45) is 23.5 Å². The van der Waals surface area contributed by atoms with Crippen molar-refractivity contribution < 1.29 is 9.47 Å². The average Bonchev–Trinajstić information content (AvgIpc) is 3.00. The van der Waals surface area contributed by atoms with Gasteiger partial charge in [0.2, 0.25) is 0 Å². The zero-order valence-electron chi connectivity index (χ0n) is 10.7. The van der Waals surface area contributed by atoms with Gasteiger partial charge in [-0.15, -0.1) is 0 Å². The van der Waals surface area contributed by atoms with Gasteiger partial charge < -0.3 is 15.2 Å². The van der Waals surface area contributed by atoms with Gasteiger partial charge in [-0.25, -0.2) is 0 Å². The summed E-state index contributed by atoms with van der Waals surface area (Å²) in [5.41, 5.74) is 5.73. The third kappa shape index (κ3) is 2.38. The number of hydrogen-bond acceptors (Lipinski definition) is 3. The Morgan fingerprint density at radius 3 is 2.82 bits per heavy atom. The fraction of sp³-hybridized carbons (Fsp3) is 1.00. The molecule has 0 radical (unpaired) electrons. The first-order valence-electron chi connectivity index (χ1n) is 7.23. The Kier molecular flexibility index (Phi) is 3.42. The van der Waals surface area contributed by atoms with Crippen molar-refractivity contribution in [3.8, 4) is 0 Å². The third-order valence-electron chi connectivity index (χ3n) is 5.15. The maximum atomic E-state index is 6.21. The van der Waals surface area contributed by atoms with Gasteiger partial charge >= 0.3 is 0 Å². The Bertz CT molecular complexity index is 263. The van der Waals surface area contributed by atoms with Gasteiger partial charge in [-0.1, -0.05) is 6.42 Å². The molecule has 3 heteroatoms. The zero-order chi connectivity index (χ0) is 11.7. The normalized spacial score (nSPS) is 45.4. The Morgan fingerprint density at radius 1 is 1.29 bits per heavy atom. The van der Waals surface area contributed by atoms with Crippen molar-refractivity contribution in [3.63, 3.8) is 0 Å². The summed E-state index contributed by atoms with van der Waals surface area (Å²) in [5, 5.41) is 0. The van der Waals surface area contributed by atoms with Crippen LogP contribution in [0.4, 0.5) is 0 Å². The quantitative estimate of drug-likeness (QED) is 0.815. The van der Waals surface area contributed by atoms with Crippen molar-refractivity contribution in [2.45, 2.75) is 44.1 Å². The molecule has 0 amide bonds. The number of hydrogen-bond donors (Lipinski definition) is 1. The lowest BCUT2D eigenvalue weighted by atomic mass is 9.89. The van der Waals surface area contributed by atoms with Crippen LogP contribution in [0.1, 0.15) is 38.5 Å². The van der Waals surface area contributed by atoms with Crippen LogP contribution in [0.5, 0.6) is 0 Å². The standard InChI is InChI=1S/C14H25NO2/c15-9-14(4-1-5-16-10-14)17-8-13-7-11-2-3-12(13)6-11/h11-13H,1-10,15H2. The van der Waals surface area contributed by atoms with Gasteiger partial charge in [0.05, 0.1) is 13.2 Å². The highest BCUT2D eigenvalue weighted by atomic mass is 16.5. The molecule has 1 heterocycles. The Morgan fingerprint density at radius 2 is 2.24 bits per heavy atom. The first kappa shape index (κ1) is 11.9. The maximum Gasteiger partial charge on any atom is 0.104 e. The van der Waals surface area contributed by atoms with E-state index in [2.05, 4.69) is 0 Å². The van der Waals surface area contributed by atoms with Crippen molar-refractivity contribution in [2.75, 3.05) is 26.4 Å². The van der Waals surface area contributed by atoms with E-state index in [0.29, 0.717) is 13.2 Å². The number of nitrogens with two attached hydrogens (primary N) is 1.